The number of nitrogens with zero attached hydrogens (tertiary/aromatic N) is 2. The van der Waals surface area contributed by atoms with E-state index in [-0.39, 0.29) is 11.8 Å². The molecule has 2 amide bonds. The number of amides is 2. The van der Waals surface area contributed by atoms with Gasteiger partial charge in [0, 0.05) is 32.8 Å². The molecule has 2 aliphatic rings. The molecule has 0 aromatic heterocycles. The van der Waals surface area contributed by atoms with E-state index in [0.717, 1.165) is 37.2 Å². The van der Waals surface area contributed by atoms with Crippen molar-refractivity contribution in [2.45, 2.75) is 40.0 Å². The molecule has 2 aliphatic heterocycles. The number of likely N-dealkylation sites (tertiary alicyclic amines) is 1. The van der Waals surface area contributed by atoms with Crippen molar-refractivity contribution in [3.63, 3.8) is 0 Å². The molecule has 29 heavy (non-hydrogen) atoms. The second-order valence-corrected chi connectivity index (χ2v) is 7.69. The Hall–Kier alpha value is -2.34. The number of carbonyl (C=O) groups is 2. The maximum Gasteiger partial charge on any atom is 0.277 e. The van der Waals surface area contributed by atoms with Gasteiger partial charge in [-0.25, -0.2) is 0 Å². The van der Waals surface area contributed by atoms with Gasteiger partial charge in [-0.3, -0.25) is 14.5 Å². The Kier molecular flexibility index (Phi) is 7.31. The van der Waals surface area contributed by atoms with Crippen LogP contribution in [-0.4, -0.2) is 61.1 Å². The van der Waals surface area contributed by atoms with Gasteiger partial charge in [-0.2, -0.15) is 0 Å². The lowest BCUT2D eigenvalue weighted by Crippen LogP contribution is -2.39. The van der Waals surface area contributed by atoms with Crippen LogP contribution in [0.25, 0.3) is 5.57 Å². The molecule has 6 nitrogen and oxygen atoms in total. The van der Waals surface area contributed by atoms with Crippen LogP contribution in [-0.2, 0) is 14.3 Å². The van der Waals surface area contributed by atoms with Crippen LogP contribution in [0.3, 0.4) is 0 Å². The number of carbonyl (C=O) groups excluding carboxylic acids is 2. The van der Waals surface area contributed by atoms with Crippen LogP contribution in [0.1, 0.15) is 45.6 Å². The summed E-state index contributed by atoms with van der Waals surface area (Å²) < 4.78 is 10.9. The lowest BCUT2D eigenvalue weighted by molar-refractivity contribution is -0.137. The van der Waals surface area contributed by atoms with E-state index in [9.17, 15) is 9.59 Å². The Bertz CT molecular complexity index is 757. The van der Waals surface area contributed by atoms with Gasteiger partial charge in [0.2, 0.25) is 0 Å². The minimum absolute atomic E-state index is 0.176. The van der Waals surface area contributed by atoms with Crippen molar-refractivity contribution >= 4 is 17.4 Å². The maximum absolute atomic E-state index is 13.3. The van der Waals surface area contributed by atoms with Crippen LogP contribution >= 0.6 is 0 Å². The second kappa shape index (κ2) is 9.92. The minimum Gasteiger partial charge on any atom is -0.494 e. The molecule has 2 heterocycles. The first-order valence-electron chi connectivity index (χ1n) is 10.7. The predicted octanol–water partition coefficient (Wildman–Crippen LogP) is 3.32. The molecule has 1 fully saturated rings. The summed E-state index contributed by atoms with van der Waals surface area (Å²) in [5.74, 6) is 0.886. The first-order valence-corrected chi connectivity index (χ1v) is 10.7. The number of ether oxygens (including phenoxy) is 2. The van der Waals surface area contributed by atoms with Crippen molar-refractivity contribution in [2.24, 2.45) is 5.92 Å². The summed E-state index contributed by atoms with van der Waals surface area (Å²) in [5.41, 5.74) is 1.85. The van der Waals surface area contributed by atoms with Crippen molar-refractivity contribution < 1.29 is 19.1 Å². The Morgan fingerprint density at radius 2 is 1.83 bits per heavy atom. The fourth-order valence-corrected chi connectivity index (χ4v) is 4.07. The maximum atomic E-state index is 13.3. The van der Waals surface area contributed by atoms with E-state index in [1.165, 1.54) is 4.90 Å². The number of piperidine rings is 1. The summed E-state index contributed by atoms with van der Waals surface area (Å²) in [5, 5.41) is 0. The van der Waals surface area contributed by atoms with Crippen molar-refractivity contribution in [3.05, 3.63) is 35.5 Å². The Morgan fingerprint density at radius 1 is 1.07 bits per heavy atom. The van der Waals surface area contributed by atoms with E-state index >= 15 is 0 Å². The topological polar surface area (TPSA) is 59.1 Å². The van der Waals surface area contributed by atoms with Gasteiger partial charge in [-0.05, 0) is 56.7 Å². The molecule has 1 saturated heterocycles. The molecule has 0 aliphatic carbocycles. The molecule has 1 aromatic carbocycles. The fraction of sp³-hybridized carbons (Fsp3) is 0.565. The zero-order valence-electron chi connectivity index (χ0n) is 17.8. The van der Waals surface area contributed by atoms with Crippen molar-refractivity contribution in [1.29, 1.82) is 0 Å². The van der Waals surface area contributed by atoms with Gasteiger partial charge < -0.3 is 14.4 Å². The molecule has 3 rings (SSSR count). The molecule has 1 atom stereocenters. The van der Waals surface area contributed by atoms with E-state index in [0.29, 0.717) is 50.0 Å². The van der Waals surface area contributed by atoms with Crippen LogP contribution in [0.4, 0.5) is 0 Å². The van der Waals surface area contributed by atoms with Gasteiger partial charge in [0.05, 0.1) is 12.2 Å². The standard InChI is InChI=1S/C23H32N2O4/c1-4-28-15-7-14-25-22(26)20(18-9-11-19(12-10-18)29-5-2)21(23(25)27)24-13-6-8-17(3)16-24/h9-12,17H,4-8,13-16H2,1-3H3. The van der Waals surface area contributed by atoms with Crippen molar-refractivity contribution in [3.8, 4) is 5.75 Å². The van der Waals surface area contributed by atoms with Crippen LogP contribution in [0.15, 0.2) is 30.0 Å². The number of hydrogen-bond donors (Lipinski definition) is 0. The molecule has 0 saturated carbocycles. The van der Waals surface area contributed by atoms with Gasteiger partial charge in [0.25, 0.3) is 11.8 Å². The average Bonchev–Trinajstić information content (AvgIpc) is 2.96. The van der Waals surface area contributed by atoms with Crippen LogP contribution in [0.2, 0.25) is 0 Å². The SMILES string of the molecule is CCOCCCN1C(=O)C(c2ccc(OCC)cc2)=C(N2CCCC(C)C2)C1=O. The smallest absolute Gasteiger partial charge is 0.277 e. The number of imide groups is 1. The van der Waals surface area contributed by atoms with Crippen LogP contribution in [0, 0.1) is 5.92 Å². The summed E-state index contributed by atoms with van der Waals surface area (Å²) in [7, 11) is 0. The number of hydrogen-bond acceptors (Lipinski definition) is 5. The molecule has 158 valence electrons. The lowest BCUT2D eigenvalue weighted by atomic mass is 9.97. The normalized spacial score (nSPS) is 20.0. The third kappa shape index (κ3) is 4.81. The van der Waals surface area contributed by atoms with Gasteiger partial charge in [0.15, 0.2) is 0 Å². The summed E-state index contributed by atoms with van der Waals surface area (Å²) >= 11 is 0. The van der Waals surface area contributed by atoms with E-state index in [4.69, 9.17) is 9.47 Å². The highest BCUT2D eigenvalue weighted by Crippen LogP contribution is 2.34. The molecule has 0 bridgehead atoms. The van der Waals surface area contributed by atoms with E-state index in [1.54, 1.807) is 0 Å². The summed E-state index contributed by atoms with van der Waals surface area (Å²) in [6.07, 6.45) is 2.83. The van der Waals surface area contributed by atoms with Crippen molar-refractivity contribution in [2.75, 3.05) is 39.5 Å². The second-order valence-electron chi connectivity index (χ2n) is 7.69. The molecule has 0 radical (unpaired) electrons. The zero-order valence-corrected chi connectivity index (χ0v) is 17.8. The summed E-state index contributed by atoms with van der Waals surface area (Å²) in [6.45, 7) is 9.84. The average molecular weight is 401 g/mol. The fourth-order valence-electron chi connectivity index (χ4n) is 4.07. The number of benzene rings is 1. The molecular weight excluding hydrogens is 368 g/mol. The van der Waals surface area contributed by atoms with Gasteiger partial charge >= 0.3 is 0 Å². The van der Waals surface area contributed by atoms with Crippen molar-refractivity contribution in [1.82, 2.24) is 9.80 Å². The Labute approximate surface area is 173 Å². The van der Waals surface area contributed by atoms with E-state index in [1.807, 2.05) is 38.1 Å². The monoisotopic (exact) mass is 400 g/mol. The van der Waals surface area contributed by atoms with Crippen LogP contribution in [0.5, 0.6) is 5.75 Å². The van der Waals surface area contributed by atoms with E-state index < -0.39 is 0 Å². The Balaban J connectivity index is 1.91. The third-order valence-corrected chi connectivity index (χ3v) is 5.45. The van der Waals surface area contributed by atoms with Gasteiger partial charge in [0.1, 0.15) is 11.4 Å². The van der Waals surface area contributed by atoms with Gasteiger partial charge in [-0.1, -0.05) is 19.1 Å². The minimum atomic E-state index is -0.205. The highest BCUT2D eigenvalue weighted by atomic mass is 16.5. The van der Waals surface area contributed by atoms with Gasteiger partial charge in [-0.15, -0.1) is 0 Å². The summed E-state index contributed by atoms with van der Waals surface area (Å²) in [6, 6.07) is 7.47. The number of rotatable bonds is 9. The molecule has 1 unspecified atom stereocenters. The molecule has 0 spiro atoms. The highest BCUT2D eigenvalue weighted by molar-refractivity contribution is 6.35. The van der Waals surface area contributed by atoms with Crippen LogP contribution < -0.4 is 4.74 Å². The zero-order chi connectivity index (χ0) is 20.8. The Morgan fingerprint density at radius 3 is 2.48 bits per heavy atom. The largest absolute Gasteiger partial charge is 0.494 e. The molecule has 1 aromatic rings. The third-order valence-electron chi connectivity index (χ3n) is 5.45. The first-order chi connectivity index (χ1) is 14.1. The molecular formula is C23H32N2O4. The highest BCUT2D eigenvalue weighted by Gasteiger charge is 2.41. The molecule has 6 heteroatoms. The molecule has 0 N–H and O–H groups in total. The van der Waals surface area contributed by atoms with E-state index in [2.05, 4.69) is 11.8 Å². The first kappa shape index (κ1) is 21.4. The predicted molar refractivity (Wildman–Crippen MR) is 112 cm³/mol. The lowest BCUT2D eigenvalue weighted by Gasteiger charge is -2.33. The summed E-state index contributed by atoms with van der Waals surface area (Å²) in [4.78, 5) is 30.1. The quantitative estimate of drug-likeness (QED) is 0.470.